The fraction of sp³-hybridized carbons (Fsp3) is 0.400. The Morgan fingerprint density at radius 3 is 1.38 bits per heavy atom. The summed E-state index contributed by atoms with van der Waals surface area (Å²) >= 11 is 0. The summed E-state index contributed by atoms with van der Waals surface area (Å²) in [4.78, 5) is 0. The molecule has 0 heterocycles. The topological polar surface area (TPSA) is 0 Å². The van der Waals surface area contributed by atoms with Crippen LogP contribution >= 0.6 is 0 Å². The average molecular weight is 242 g/mol. The Morgan fingerprint density at radius 1 is 0.750 bits per heavy atom. The molecule has 90 valence electrons. The maximum absolute atomic E-state index is 12.5. The lowest BCUT2D eigenvalue weighted by Crippen LogP contribution is -2.13. The van der Waals surface area contributed by atoms with Crippen molar-refractivity contribution >= 4 is 0 Å². The van der Waals surface area contributed by atoms with E-state index in [1.165, 1.54) is 0 Å². The normalized spacial score (nSPS) is 13.0. The molecule has 1 aromatic carbocycles. The van der Waals surface area contributed by atoms with Crippen LogP contribution in [0.5, 0.6) is 0 Å². The zero-order valence-corrected chi connectivity index (χ0v) is 8.42. The number of hydrogen-bond acceptors (Lipinski definition) is 0. The first-order valence-corrected chi connectivity index (χ1v) is 4.29. The molecule has 1 aromatic rings. The number of hydrogen-bond donors (Lipinski definition) is 0. The van der Waals surface area contributed by atoms with E-state index in [1.807, 2.05) is 0 Å². The fourth-order valence-electron chi connectivity index (χ4n) is 1.57. The molecule has 0 saturated carbocycles. The molecule has 0 aliphatic heterocycles. The van der Waals surface area contributed by atoms with Gasteiger partial charge in [-0.2, -0.15) is 26.3 Å². The van der Waals surface area contributed by atoms with Crippen LogP contribution in [-0.2, 0) is 12.4 Å². The van der Waals surface area contributed by atoms with E-state index >= 15 is 0 Å². The minimum absolute atomic E-state index is 0.417. The molecule has 0 nitrogen and oxygen atoms in total. The number of rotatable bonds is 0. The Bertz CT molecular complexity index is 376. The first kappa shape index (κ1) is 12.9. The molecule has 0 aliphatic rings. The van der Waals surface area contributed by atoms with Gasteiger partial charge in [-0.15, -0.1) is 0 Å². The highest BCUT2D eigenvalue weighted by molar-refractivity contribution is 5.40. The van der Waals surface area contributed by atoms with Crippen LogP contribution in [-0.4, -0.2) is 0 Å². The van der Waals surface area contributed by atoms with Gasteiger partial charge in [-0.25, -0.2) is 0 Å². The quantitative estimate of drug-likeness (QED) is 0.593. The number of halogens is 6. The SMILES string of the molecule is Cc1cc(C(F)(F)F)cc(C)c1C(F)(F)F. The van der Waals surface area contributed by atoms with Gasteiger partial charge in [0.15, 0.2) is 0 Å². The van der Waals surface area contributed by atoms with E-state index in [-0.39, 0.29) is 0 Å². The van der Waals surface area contributed by atoms with Crippen molar-refractivity contribution in [2.45, 2.75) is 26.2 Å². The molecule has 0 aromatic heterocycles. The van der Waals surface area contributed by atoms with E-state index in [4.69, 9.17) is 0 Å². The van der Waals surface area contributed by atoms with Crippen molar-refractivity contribution in [3.8, 4) is 0 Å². The lowest BCUT2D eigenvalue weighted by Gasteiger charge is -2.16. The fourth-order valence-corrected chi connectivity index (χ4v) is 1.57. The van der Waals surface area contributed by atoms with Gasteiger partial charge in [-0.05, 0) is 37.1 Å². The third-order valence-electron chi connectivity index (χ3n) is 2.14. The standard InChI is InChI=1S/C10H8F6/c1-5-3-7(9(11,12)13)4-6(2)8(5)10(14,15)16/h3-4H,1-2H3. The van der Waals surface area contributed by atoms with Crippen LogP contribution < -0.4 is 0 Å². The van der Waals surface area contributed by atoms with Crippen LogP contribution in [0.15, 0.2) is 12.1 Å². The molecule has 0 unspecified atom stereocenters. The maximum Gasteiger partial charge on any atom is 0.416 e. The second kappa shape index (κ2) is 3.68. The van der Waals surface area contributed by atoms with Gasteiger partial charge in [-0.1, -0.05) is 0 Å². The molecule has 0 saturated heterocycles. The smallest absolute Gasteiger partial charge is 0.166 e. The zero-order valence-electron chi connectivity index (χ0n) is 8.42. The molecule has 6 heteroatoms. The van der Waals surface area contributed by atoms with E-state index in [0.717, 1.165) is 13.8 Å². The monoisotopic (exact) mass is 242 g/mol. The Hall–Kier alpha value is -1.20. The number of aryl methyl sites for hydroxylation is 2. The summed E-state index contributed by atoms with van der Waals surface area (Å²) in [6, 6.07) is 1.02. The van der Waals surface area contributed by atoms with Crippen LogP contribution in [0.4, 0.5) is 26.3 Å². The molecule has 0 radical (unpaired) electrons. The van der Waals surface area contributed by atoms with Crippen LogP contribution in [0.3, 0.4) is 0 Å². The van der Waals surface area contributed by atoms with E-state index in [2.05, 4.69) is 0 Å². The second-order valence-corrected chi connectivity index (χ2v) is 3.48. The molecule has 0 bridgehead atoms. The van der Waals surface area contributed by atoms with E-state index in [0.29, 0.717) is 12.1 Å². The van der Waals surface area contributed by atoms with E-state index in [9.17, 15) is 26.3 Å². The minimum atomic E-state index is -4.63. The van der Waals surface area contributed by atoms with Gasteiger partial charge in [0.2, 0.25) is 0 Å². The molecular formula is C10H8F6. The first-order valence-electron chi connectivity index (χ1n) is 4.29. The summed E-state index contributed by atoms with van der Waals surface area (Å²) in [6.45, 7) is 2.04. The van der Waals surface area contributed by atoms with Crippen molar-refractivity contribution in [2.75, 3.05) is 0 Å². The number of benzene rings is 1. The predicted molar refractivity (Wildman–Crippen MR) is 45.9 cm³/mol. The highest BCUT2D eigenvalue weighted by Crippen LogP contribution is 2.38. The van der Waals surface area contributed by atoms with Crippen LogP contribution in [0.1, 0.15) is 22.3 Å². The number of alkyl halides is 6. The lowest BCUT2D eigenvalue weighted by molar-refractivity contribution is -0.142. The highest BCUT2D eigenvalue weighted by atomic mass is 19.4. The molecular weight excluding hydrogens is 234 g/mol. The summed E-state index contributed by atoms with van der Waals surface area (Å²) in [7, 11) is 0. The van der Waals surface area contributed by atoms with Crippen molar-refractivity contribution in [1.29, 1.82) is 0 Å². The summed E-state index contributed by atoms with van der Waals surface area (Å²) in [5.41, 5.74) is -2.89. The Morgan fingerprint density at radius 2 is 1.12 bits per heavy atom. The Kier molecular flexibility index (Phi) is 2.96. The zero-order chi connectivity index (χ0) is 12.7. The summed E-state index contributed by atoms with van der Waals surface area (Å²) in [5, 5.41) is 0. The average Bonchev–Trinajstić information content (AvgIpc) is 1.97. The van der Waals surface area contributed by atoms with Crippen molar-refractivity contribution in [3.63, 3.8) is 0 Å². The first-order chi connectivity index (χ1) is 7.03. The van der Waals surface area contributed by atoms with Crippen molar-refractivity contribution in [1.82, 2.24) is 0 Å². The van der Waals surface area contributed by atoms with Gasteiger partial charge in [-0.3, -0.25) is 0 Å². The minimum Gasteiger partial charge on any atom is -0.166 e. The van der Waals surface area contributed by atoms with E-state index < -0.39 is 34.6 Å². The molecule has 0 atom stereocenters. The van der Waals surface area contributed by atoms with E-state index in [1.54, 1.807) is 0 Å². The third-order valence-corrected chi connectivity index (χ3v) is 2.14. The summed E-state index contributed by atoms with van der Waals surface area (Å²) < 4.78 is 74.3. The van der Waals surface area contributed by atoms with Crippen LogP contribution in [0.2, 0.25) is 0 Å². The van der Waals surface area contributed by atoms with Crippen molar-refractivity contribution in [3.05, 3.63) is 34.4 Å². The Labute approximate surface area is 87.9 Å². The molecule has 0 fully saturated rings. The maximum atomic E-state index is 12.5. The van der Waals surface area contributed by atoms with Gasteiger partial charge in [0, 0.05) is 0 Å². The van der Waals surface area contributed by atoms with Crippen LogP contribution in [0.25, 0.3) is 0 Å². The molecule has 0 spiro atoms. The van der Waals surface area contributed by atoms with Gasteiger partial charge in [0.1, 0.15) is 0 Å². The molecule has 0 aliphatic carbocycles. The summed E-state index contributed by atoms with van der Waals surface area (Å²) in [5.74, 6) is 0. The van der Waals surface area contributed by atoms with Gasteiger partial charge < -0.3 is 0 Å². The van der Waals surface area contributed by atoms with Crippen molar-refractivity contribution < 1.29 is 26.3 Å². The lowest BCUT2D eigenvalue weighted by atomic mass is 9.99. The van der Waals surface area contributed by atoms with Gasteiger partial charge >= 0.3 is 12.4 Å². The Balaban J connectivity index is 3.41. The van der Waals surface area contributed by atoms with Gasteiger partial charge in [0.25, 0.3) is 0 Å². The molecule has 1 rings (SSSR count). The third kappa shape index (κ3) is 2.48. The van der Waals surface area contributed by atoms with Gasteiger partial charge in [0.05, 0.1) is 11.1 Å². The molecule has 16 heavy (non-hydrogen) atoms. The predicted octanol–water partition coefficient (Wildman–Crippen LogP) is 4.34. The highest BCUT2D eigenvalue weighted by Gasteiger charge is 2.37. The molecule has 0 amide bonds. The van der Waals surface area contributed by atoms with Crippen LogP contribution in [0, 0.1) is 13.8 Å². The largest absolute Gasteiger partial charge is 0.416 e. The molecule has 0 N–H and O–H groups in total. The second-order valence-electron chi connectivity index (χ2n) is 3.48. The van der Waals surface area contributed by atoms with Crippen molar-refractivity contribution in [2.24, 2.45) is 0 Å². The summed E-state index contributed by atoms with van der Waals surface area (Å²) in [6.07, 6.45) is -9.25.